The number of carbonyl (C=O) groups is 2. The molecule has 150 valence electrons. The molecule has 2 fully saturated rings. The van der Waals surface area contributed by atoms with Gasteiger partial charge in [-0.25, -0.2) is 4.79 Å². The van der Waals surface area contributed by atoms with E-state index >= 15 is 0 Å². The second-order valence-corrected chi connectivity index (χ2v) is 8.05. The summed E-state index contributed by atoms with van der Waals surface area (Å²) < 4.78 is 11.2. The van der Waals surface area contributed by atoms with E-state index in [1.54, 1.807) is 18.2 Å². The number of fused-ring (bicyclic) bond motifs is 3. The number of piperidine rings is 1. The first kappa shape index (κ1) is 18.0. The lowest BCUT2D eigenvalue weighted by molar-refractivity contribution is 0.0569. The van der Waals surface area contributed by atoms with Crippen molar-refractivity contribution >= 4 is 11.9 Å². The van der Waals surface area contributed by atoms with Crippen molar-refractivity contribution < 1.29 is 24.2 Å². The molecule has 2 aromatic carbocycles. The monoisotopic (exact) mass is 393 g/mol. The molecule has 0 aliphatic carbocycles. The van der Waals surface area contributed by atoms with Crippen LogP contribution in [0.25, 0.3) is 0 Å². The first-order valence-corrected chi connectivity index (χ1v) is 10.2. The molecule has 1 unspecified atom stereocenters. The predicted molar refractivity (Wildman–Crippen MR) is 106 cm³/mol. The minimum absolute atomic E-state index is 0.0640. The van der Waals surface area contributed by atoms with Crippen LogP contribution in [0.3, 0.4) is 0 Å². The Bertz CT molecular complexity index is 940. The number of benzene rings is 2. The van der Waals surface area contributed by atoms with Gasteiger partial charge in [-0.3, -0.25) is 4.79 Å². The summed E-state index contributed by atoms with van der Waals surface area (Å²) in [4.78, 5) is 26.4. The van der Waals surface area contributed by atoms with Gasteiger partial charge in [-0.15, -0.1) is 0 Å². The molecule has 1 amide bonds. The molecule has 0 spiro atoms. The standard InChI is InChI=1S/C23H23NO5/c25-22(16-5-8-20-21(13-16)29-10-9-28-20)24-18-6-7-19(24)12-17(11-18)14-1-3-15(4-2-14)23(26)27/h1-5,8,13,17-19H,6-7,9-12H2,(H,26,27)/t17?,18-,19+. The summed E-state index contributed by atoms with van der Waals surface area (Å²) in [6.07, 6.45) is 3.87. The molecule has 3 heterocycles. The van der Waals surface area contributed by atoms with Crippen molar-refractivity contribution in [1.29, 1.82) is 0 Å². The SMILES string of the molecule is O=C(O)c1ccc(C2C[C@H]3CC[C@@H](C2)N3C(=O)c2ccc3c(c2)OCCO3)cc1. The fourth-order valence-electron chi connectivity index (χ4n) is 5.00. The molecule has 2 aromatic rings. The number of hydrogen-bond donors (Lipinski definition) is 1. The molecule has 3 aliphatic rings. The van der Waals surface area contributed by atoms with E-state index in [1.807, 2.05) is 24.3 Å². The third-order valence-corrected chi connectivity index (χ3v) is 6.39. The Morgan fingerprint density at radius 1 is 0.862 bits per heavy atom. The van der Waals surface area contributed by atoms with Gasteiger partial charge in [0.05, 0.1) is 5.56 Å². The van der Waals surface area contributed by atoms with Crippen LogP contribution < -0.4 is 9.47 Å². The number of aromatic carboxylic acids is 1. The number of nitrogens with zero attached hydrogens (tertiary/aromatic N) is 1. The van der Waals surface area contributed by atoms with Crippen LogP contribution in [-0.4, -0.2) is 47.2 Å². The number of amides is 1. The van der Waals surface area contributed by atoms with Crippen LogP contribution in [0.4, 0.5) is 0 Å². The predicted octanol–water partition coefficient (Wildman–Crippen LogP) is 3.71. The molecule has 0 radical (unpaired) electrons. The number of ether oxygens (including phenoxy) is 2. The summed E-state index contributed by atoms with van der Waals surface area (Å²) >= 11 is 0. The zero-order valence-electron chi connectivity index (χ0n) is 16.0. The third-order valence-electron chi connectivity index (χ3n) is 6.39. The maximum absolute atomic E-state index is 13.3. The summed E-state index contributed by atoms with van der Waals surface area (Å²) in [6.45, 7) is 1.04. The molecule has 3 aliphatic heterocycles. The number of carbonyl (C=O) groups excluding carboxylic acids is 1. The molecule has 6 nitrogen and oxygen atoms in total. The topological polar surface area (TPSA) is 76.1 Å². The van der Waals surface area contributed by atoms with Crippen LogP contribution in [0.2, 0.25) is 0 Å². The number of rotatable bonds is 3. The highest BCUT2D eigenvalue weighted by atomic mass is 16.6. The summed E-state index contributed by atoms with van der Waals surface area (Å²) in [5.74, 6) is 0.854. The van der Waals surface area contributed by atoms with Crippen molar-refractivity contribution in [2.24, 2.45) is 0 Å². The summed E-state index contributed by atoms with van der Waals surface area (Å²) in [6, 6.07) is 13.1. The van der Waals surface area contributed by atoms with E-state index in [1.165, 1.54) is 5.56 Å². The van der Waals surface area contributed by atoms with Gasteiger partial charge in [0, 0.05) is 17.6 Å². The van der Waals surface area contributed by atoms with Crippen molar-refractivity contribution in [2.45, 2.75) is 43.7 Å². The van der Waals surface area contributed by atoms with Crippen LogP contribution in [0.15, 0.2) is 42.5 Å². The van der Waals surface area contributed by atoms with Gasteiger partial charge in [-0.2, -0.15) is 0 Å². The molecule has 6 heteroatoms. The van der Waals surface area contributed by atoms with Gasteiger partial charge < -0.3 is 19.5 Å². The highest BCUT2D eigenvalue weighted by molar-refractivity contribution is 5.95. The average molecular weight is 393 g/mol. The first-order chi connectivity index (χ1) is 14.1. The molecule has 5 rings (SSSR count). The van der Waals surface area contributed by atoms with Crippen LogP contribution in [0.1, 0.15) is 57.9 Å². The lowest BCUT2D eigenvalue weighted by atomic mass is 9.84. The van der Waals surface area contributed by atoms with Crippen molar-refractivity contribution in [1.82, 2.24) is 4.90 Å². The van der Waals surface area contributed by atoms with Gasteiger partial charge in [0.1, 0.15) is 13.2 Å². The molecule has 2 bridgehead atoms. The molecule has 0 saturated carbocycles. The van der Waals surface area contributed by atoms with Gasteiger partial charge in [0.25, 0.3) is 5.91 Å². The van der Waals surface area contributed by atoms with Gasteiger partial charge in [-0.05, 0) is 67.5 Å². The number of carboxylic acids is 1. The van der Waals surface area contributed by atoms with Crippen molar-refractivity contribution in [3.63, 3.8) is 0 Å². The van der Waals surface area contributed by atoms with Gasteiger partial charge in [0.15, 0.2) is 11.5 Å². The molecule has 29 heavy (non-hydrogen) atoms. The van der Waals surface area contributed by atoms with Crippen LogP contribution in [-0.2, 0) is 0 Å². The third kappa shape index (κ3) is 3.22. The molecule has 2 saturated heterocycles. The molecular formula is C23H23NO5. The fourth-order valence-corrected chi connectivity index (χ4v) is 5.00. The van der Waals surface area contributed by atoms with E-state index in [0.717, 1.165) is 25.7 Å². The van der Waals surface area contributed by atoms with E-state index < -0.39 is 5.97 Å². The second-order valence-electron chi connectivity index (χ2n) is 8.05. The normalized spacial score (nSPS) is 25.0. The summed E-state index contributed by atoms with van der Waals surface area (Å²) in [7, 11) is 0. The maximum atomic E-state index is 13.3. The van der Waals surface area contributed by atoms with Crippen LogP contribution in [0, 0.1) is 0 Å². The highest BCUT2D eigenvalue weighted by Gasteiger charge is 2.43. The molecule has 0 aromatic heterocycles. The van der Waals surface area contributed by atoms with E-state index in [2.05, 4.69) is 4.90 Å². The maximum Gasteiger partial charge on any atom is 0.335 e. The lowest BCUT2D eigenvalue weighted by Gasteiger charge is -2.39. The fraction of sp³-hybridized carbons (Fsp3) is 0.391. The van der Waals surface area contributed by atoms with E-state index in [9.17, 15) is 9.59 Å². The van der Waals surface area contributed by atoms with Crippen molar-refractivity contribution in [3.05, 3.63) is 59.2 Å². The molecule has 3 atom stereocenters. The lowest BCUT2D eigenvalue weighted by Crippen LogP contribution is -2.46. The summed E-state index contributed by atoms with van der Waals surface area (Å²) in [5, 5.41) is 9.10. The van der Waals surface area contributed by atoms with E-state index in [4.69, 9.17) is 14.6 Å². The van der Waals surface area contributed by atoms with Crippen LogP contribution >= 0.6 is 0 Å². The van der Waals surface area contributed by atoms with Crippen LogP contribution in [0.5, 0.6) is 11.5 Å². The van der Waals surface area contributed by atoms with E-state index in [0.29, 0.717) is 41.8 Å². The quantitative estimate of drug-likeness (QED) is 0.860. The average Bonchev–Trinajstić information content (AvgIpc) is 3.02. The Morgan fingerprint density at radius 3 is 2.14 bits per heavy atom. The minimum atomic E-state index is -0.906. The Balaban J connectivity index is 1.34. The Hall–Kier alpha value is -3.02. The van der Waals surface area contributed by atoms with Gasteiger partial charge in [0.2, 0.25) is 0 Å². The molecular weight excluding hydrogens is 370 g/mol. The van der Waals surface area contributed by atoms with Gasteiger partial charge in [-0.1, -0.05) is 12.1 Å². The number of hydrogen-bond acceptors (Lipinski definition) is 4. The highest BCUT2D eigenvalue weighted by Crippen LogP contribution is 2.44. The first-order valence-electron chi connectivity index (χ1n) is 10.2. The second kappa shape index (κ2) is 7.10. The zero-order valence-corrected chi connectivity index (χ0v) is 16.0. The Kier molecular flexibility index (Phi) is 4.42. The zero-order chi connectivity index (χ0) is 20.0. The van der Waals surface area contributed by atoms with Gasteiger partial charge >= 0.3 is 5.97 Å². The van der Waals surface area contributed by atoms with Crippen molar-refractivity contribution in [3.8, 4) is 11.5 Å². The summed E-state index contributed by atoms with van der Waals surface area (Å²) in [5.41, 5.74) is 2.12. The van der Waals surface area contributed by atoms with E-state index in [-0.39, 0.29) is 18.0 Å². The Morgan fingerprint density at radius 2 is 1.48 bits per heavy atom. The van der Waals surface area contributed by atoms with Crippen molar-refractivity contribution in [2.75, 3.05) is 13.2 Å². The Labute approximate surface area is 169 Å². The minimum Gasteiger partial charge on any atom is -0.486 e. The number of carboxylic acid groups (broad SMARTS) is 1. The molecule has 1 N–H and O–H groups in total. The largest absolute Gasteiger partial charge is 0.486 e. The smallest absolute Gasteiger partial charge is 0.335 e.